The van der Waals surface area contributed by atoms with Crippen LogP contribution in [0.2, 0.25) is 0 Å². The summed E-state index contributed by atoms with van der Waals surface area (Å²) in [6.45, 7) is 1.97. The van der Waals surface area contributed by atoms with E-state index in [0.717, 1.165) is 18.6 Å². The fraction of sp³-hybridized carbons (Fsp3) is 0.615. The van der Waals surface area contributed by atoms with Crippen molar-refractivity contribution in [2.45, 2.75) is 31.5 Å². The lowest BCUT2D eigenvalue weighted by Gasteiger charge is -2.25. The van der Waals surface area contributed by atoms with Gasteiger partial charge in [0.1, 0.15) is 0 Å². The molecule has 0 saturated carbocycles. The second kappa shape index (κ2) is 6.69. The second-order valence-electron chi connectivity index (χ2n) is 4.33. The van der Waals surface area contributed by atoms with Crippen LogP contribution in [0, 0.1) is 0 Å². The van der Waals surface area contributed by atoms with E-state index in [-0.39, 0.29) is 12.2 Å². The SMILES string of the molecule is NCC(OCC1CCCCO1)c1ccncc1. The minimum Gasteiger partial charge on any atom is -0.376 e. The van der Waals surface area contributed by atoms with Gasteiger partial charge in [-0.2, -0.15) is 0 Å². The summed E-state index contributed by atoms with van der Waals surface area (Å²) < 4.78 is 11.5. The predicted molar refractivity (Wildman–Crippen MR) is 65.6 cm³/mol. The zero-order chi connectivity index (χ0) is 11.9. The normalized spacial score (nSPS) is 22.3. The monoisotopic (exact) mass is 236 g/mol. The highest BCUT2D eigenvalue weighted by atomic mass is 16.5. The van der Waals surface area contributed by atoms with Crippen LogP contribution in [-0.4, -0.2) is 30.8 Å². The Bertz CT molecular complexity index is 312. The fourth-order valence-electron chi connectivity index (χ4n) is 2.04. The van der Waals surface area contributed by atoms with E-state index in [1.54, 1.807) is 12.4 Å². The van der Waals surface area contributed by atoms with Crippen molar-refractivity contribution in [2.75, 3.05) is 19.8 Å². The molecule has 1 saturated heterocycles. The molecule has 94 valence electrons. The Morgan fingerprint density at radius 1 is 1.41 bits per heavy atom. The van der Waals surface area contributed by atoms with Crippen LogP contribution in [0.4, 0.5) is 0 Å². The van der Waals surface area contributed by atoms with E-state index in [1.165, 1.54) is 12.8 Å². The predicted octanol–water partition coefficient (Wildman–Crippen LogP) is 1.67. The fourth-order valence-corrected chi connectivity index (χ4v) is 2.04. The van der Waals surface area contributed by atoms with Gasteiger partial charge in [0.2, 0.25) is 0 Å². The Morgan fingerprint density at radius 2 is 2.24 bits per heavy atom. The number of hydrogen-bond acceptors (Lipinski definition) is 4. The molecule has 1 aliphatic heterocycles. The minimum atomic E-state index is -0.0523. The summed E-state index contributed by atoms with van der Waals surface area (Å²) in [5, 5.41) is 0. The Kier molecular flexibility index (Phi) is 4.91. The number of aromatic nitrogens is 1. The summed E-state index contributed by atoms with van der Waals surface area (Å²) in [5.74, 6) is 0. The summed E-state index contributed by atoms with van der Waals surface area (Å²) >= 11 is 0. The van der Waals surface area contributed by atoms with Crippen LogP contribution >= 0.6 is 0 Å². The molecule has 17 heavy (non-hydrogen) atoms. The summed E-state index contributed by atoms with van der Waals surface area (Å²) in [6.07, 6.45) is 7.20. The molecule has 2 rings (SSSR count). The van der Waals surface area contributed by atoms with Crippen LogP contribution in [-0.2, 0) is 9.47 Å². The van der Waals surface area contributed by atoms with Crippen molar-refractivity contribution >= 4 is 0 Å². The van der Waals surface area contributed by atoms with Crippen LogP contribution in [0.25, 0.3) is 0 Å². The number of ether oxygens (including phenoxy) is 2. The average molecular weight is 236 g/mol. The van der Waals surface area contributed by atoms with Crippen molar-refractivity contribution in [3.63, 3.8) is 0 Å². The molecule has 0 aromatic carbocycles. The zero-order valence-corrected chi connectivity index (χ0v) is 10.0. The molecule has 4 nitrogen and oxygen atoms in total. The maximum atomic E-state index is 5.84. The van der Waals surface area contributed by atoms with Crippen LogP contribution < -0.4 is 5.73 Å². The topological polar surface area (TPSA) is 57.4 Å². The number of pyridine rings is 1. The first kappa shape index (κ1) is 12.5. The Labute approximate surface area is 102 Å². The lowest BCUT2D eigenvalue weighted by atomic mass is 10.1. The van der Waals surface area contributed by atoms with Crippen LogP contribution in [0.1, 0.15) is 30.9 Å². The van der Waals surface area contributed by atoms with Crippen LogP contribution in [0.5, 0.6) is 0 Å². The van der Waals surface area contributed by atoms with E-state index < -0.39 is 0 Å². The average Bonchev–Trinajstić information content (AvgIpc) is 2.42. The van der Waals surface area contributed by atoms with E-state index in [4.69, 9.17) is 15.2 Å². The maximum absolute atomic E-state index is 5.84. The highest BCUT2D eigenvalue weighted by Gasteiger charge is 2.17. The van der Waals surface area contributed by atoms with Crippen molar-refractivity contribution < 1.29 is 9.47 Å². The molecule has 0 spiro atoms. The molecule has 0 aliphatic carbocycles. The summed E-state index contributed by atoms with van der Waals surface area (Å²) in [4.78, 5) is 3.99. The quantitative estimate of drug-likeness (QED) is 0.845. The molecule has 1 aliphatic rings. The third kappa shape index (κ3) is 3.77. The highest BCUT2D eigenvalue weighted by molar-refractivity contribution is 5.13. The number of hydrogen-bond donors (Lipinski definition) is 1. The molecule has 1 aromatic rings. The lowest BCUT2D eigenvalue weighted by molar-refractivity contribution is -0.0618. The molecule has 2 atom stereocenters. The van der Waals surface area contributed by atoms with Crippen molar-refractivity contribution in [2.24, 2.45) is 5.73 Å². The van der Waals surface area contributed by atoms with E-state index in [9.17, 15) is 0 Å². The molecule has 1 fully saturated rings. The lowest BCUT2D eigenvalue weighted by Crippen LogP contribution is -2.27. The maximum Gasteiger partial charge on any atom is 0.0949 e. The van der Waals surface area contributed by atoms with Gasteiger partial charge >= 0.3 is 0 Å². The molecular weight excluding hydrogens is 216 g/mol. The summed E-state index contributed by atoms with van der Waals surface area (Å²) in [5.41, 5.74) is 6.82. The third-order valence-electron chi connectivity index (χ3n) is 3.05. The van der Waals surface area contributed by atoms with Crippen molar-refractivity contribution in [1.29, 1.82) is 0 Å². The summed E-state index contributed by atoms with van der Waals surface area (Å²) in [6, 6.07) is 3.89. The largest absolute Gasteiger partial charge is 0.376 e. The summed E-state index contributed by atoms with van der Waals surface area (Å²) in [7, 11) is 0. The van der Waals surface area contributed by atoms with Gasteiger partial charge in [-0.15, -0.1) is 0 Å². The molecule has 0 amide bonds. The van der Waals surface area contributed by atoms with Crippen LogP contribution in [0.15, 0.2) is 24.5 Å². The molecular formula is C13H20N2O2. The van der Waals surface area contributed by atoms with Gasteiger partial charge in [-0.3, -0.25) is 4.98 Å². The van der Waals surface area contributed by atoms with Gasteiger partial charge in [-0.25, -0.2) is 0 Å². The molecule has 0 bridgehead atoms. The van der Waals surface area contributed by atoms with Gasteiger partial charge in [0.25, 0.3) is 0 Å². The van der Waals surface area contributed by atoms with E-state index >= 15 is 0 Å². The van der Waals surface area contributed by atoms with E-state index in [1.807, 2.05) is 12.1 Å². The van der Waals surface area contributed by atoms with Crippen molar-refractivity contribution in [3.05, 3.63) is 30.1 Å². The number of nitrogens with two attached hydrogens (primary N) is 1. The number of nitrogens with zero attached hydrogens (tertiary/aromatic N) is 1. The standard InChI is InChI=1S/C13H20N2O2/c14-9-13(11-4-6-15-7-5-11)17-10-12-3-1-2-8-16-12/h4-7,12-13H,1-3,8-10,14H2. The second-order valence-corrected chi connectivity index (χ2v) is 4.33. The molecule has 4 heteroatoms. The van der Waals surface area contributed by atoms with E-state index in [2.05, 4.69) is 4.98 Å². The molecule has 0 radical (unpaired) electrons. The van der Waals surface area contributed by atoms with Gasteiger partial charge in [0, 0.05) is 25.5 Å². The Morgan fingerprint density at radius 3 is 2.88 bits per heavy atom. The van der Waals surface area contributed by atoms with Crippen molar-refractivity contribution in [1.82, 2.24) is 4.98 Å². The Hall–Kier alpha value is -0.970. The molecule has 2 heterocycles. The zero-order valence-electron chi connectivity index (χ0n) is 10.0. The van der Waals surface area contributed by atoms with E-state index in [0.29, 0.717) is 13.2 Å². The highest BCUT2D eigenvalue weighted by Crippen LogP contribution is 2.18. The third-order valence-corrected chi connectivity index (χ3v) is 3.05. The smallest absolute Gasteiger partial charge is 0.0949 e. The minimum absolute atomic E-state index is 0.0523. The van der Waals surface area contributed by atoms with Crippen LogP contribution in [0.3, 0.4) is 0 Å². The molecule has 2 unspecified atom stereocenters. The van der Waals surface area contributed by atoms with Gasteiger partial charge in [0.15, 0.2) is 0 Å². The van der Waals surface area contributed by atoms with Gasteiger partial charge in [0.05, 0.1) is 18.8 Å². The molecule has 2 N–H and O–H groups in total. The first-order valence-electron chi connectivity index (χ1n) is 6.23. The molecule has 1 aromatic heterocycles. The first-order chi connectivity index (χ1) is 8.40. The Balaban J connectivity index is 1.83. The van der Waals surface area contributed by atoms with Crippen molar-refractivity contribution in [3.8, 4) is 0 Å². The number of rotatable bonds is 5. The van der Waals surface area contributed by atoms with Gasteiger partial charge in [-0.05, 0) is 37.0 Å². The van der Waals surface area contributed by atoms with Gasteiger partial charge < -0.3 is 15.2 Å². The first-order valence-corrected chi connectivity index (χ1v) is 6.23. The van der Waals surface area contributed by atoms with Gasteiger partial charge in [-0.1, -0.05) is 0 Å².